The van der Waals surface area contributed by atoms with E-state index in [0.29, 0.717) is 12.2 Å². The number of benzene rings is 1. The first-order valence-corrected chi connectivity index (χ1v) is 5.62. The molecule has 2 rings (SSSR count). The maximum absolute atomic E-state index is 12.0. The van der Waals surface area contributed by atoms with Crippen molar-refractivity contribution < 1.29 is 9.59 Å². The van der Waals surface area contributed by atoms with E-state index < -0.39 is 18.4 Å². The Morgan fingerprint density at radius 3 is 2.61 bits per heavy atom. The molecule has 7 nitrogen and oxygen atoms in total. The Morgan fingerprint density at radius 2 is 2.00 bits per heavy atom. The number of anilines is 1. The first-order valence-electron chi connectivity index (χ1n) is 5.62. The Morgan fingerprint density at radius 1 is 1.33 bits per heavy atom. The summed E-state index contributed by atoms with van der Waals surface area (Å²) in [5.41, 5.74) is 0.477. The molecular formula is C11H15N5O2. The van der Waals surface area contributed by atoms with E-state index in [-0.39, 0.29) is 0 Å². The van der Waals surface area contributed by atoms with Gasteiger partial charge in [0.05, 0.1) is 5.69 Å². The largest absolute Gasteiger partial charge is 0.349 e. The number of nitrogens with zero attached hydrogens (tertiary/aromatic N) is 2. The van der Waals surface area contributed by atoms with Crippen LogP contribution >= 0.6 is 0 Å². The predicted octanol–water partition coefficient (Wildman–Crippen LogP) is 0.405. The molecule has 1 saturated heterocycles. The van der Waals surface area contributed by atoms with Crippen LogP contribution in [0.15, 0.2) is 30.3 Å². The number of amides is 4. The molecule has 1 atom stereocenters. The topological polar surface area (TPSA) is 90.7 Å². The average molecular weight is 249 g/mol. The number of para-hydroxylation sites is 1. The molecule has 1 unspecified atom stereocenters. The van der Waals surface area contributed by atoms with Crippen molar-refractivity contribution in [2.24, 2.45) is 5.84 Å². The molecule has 0 bridgehead atoms. The van der Waals surface area contributed by atoms with Crippen LogP contribution in [0.4, 0.5) is 15.3 Å². The summed E-state index contributed by atoms with van der Waals surface area (Å²) in [4.78, 5) is 24.9. The minimum atomic E-state index is -0.685. The number of carbonyl (C=O) groups excluding carboxylic acids is 2. The lowest BCUT2D eigenvalue weighted by molar-refractivity contribution is 0.139. The summed E-state index contributed by atoms with van der Waals surface area (Å²) in [6.45, 7) is 2.44. The van der Waals surface area contributed by atoms with Crippen molar-refractivity contribution in [3.05, 3.63) is 30.3 Å². The van der Waals surface area contributed by atoms with E-state index in [2.05, 4.69) is 10.6 Å². The number of hydrogen-bond acceptors (Lipinski definition) is 4. The van der Waals surface area contributed by atoms with Gasteiger partial charge in [0.15, 0.2) is 6.29 Å². The summed E-state index contributed by atoms with van der Waals surface area (Å²) in [7, 11) is 0. The fourth-order valence-corrected chi connectivity index (χ4v) is 1.71. The summed E-state index contributed by atoms with van der Waals surface area (Å²) in [5.74, 6) is 5.66. The first-order chi connectivity index (χ1) is 8.65. The molecule has 0 aromatic heterocycles. The standard InChI is InChI=1S/C11H15N5O2/c1-2-13-9-14-10(17)15(11(18)16(9)12)8-6-4-3-5-7-8/h3-7,9,13H,2,12H2,1H3,(H,14,17). The van der Waals surface area contributed by atoms with E-state index >= 15 is 0 Å². The molecule has 0 radical (unpaired) electrons. The van der Waals surface area contributed by atoms with E-state index in [1.807, 2.05) is 6.92 Å². The maximum Gasteiger partial charge on any atom is 0.349 e. The van der Waals surface area contributed by atoms with Crippen LogP contribution in [0.25, 0.3) is 0 Å². The molecule has 0 saturated carbocycles. The van der Waals surface area contributed by atoms with Gasteiger partial charge in [0.1, 0.15) is 0 Å². The number of carbonyl (C=O) groups is 2. The van der Waals surface area contributed by atoms with Crippen LogP contribution < -0.4 is 21.4 Å². The molecule has 1 aromatic rings. The quantitative estimate of drug-likeness (QED) is 0.534. The van der Waals surface area contributed by atoms with E-state index in [9.17, 15) is 9.59 Å². The number of rotatable bonds is 3. The molecule has 96 valence electrons. The van der Waals surface area contributed by atoms with Gasteiger partial charge in [0.25, 0.3) is 0 Å². The van der Waals surface area contributed by atoms with Crippen molar-refractivity contribution in [1.29, 1.82) is 0 Å². The Kier molecular flexibility index (Phi) is 3.45. The second-order valence-corrected chi connectivity index (χ2v) is 3.77. The van der Waals surface area contributed by atoms with Crippen molar-refractivity contribution in [3.8, 4) is 0 Å². The minimum Gasteiger partial charge on any atom is -0.303 e. The van der Waals surface area contributed by atoms with Gasteiger partial charge in [0.2, 0.25) is 0 Å². The van der Waals surface area contributed by atoms with Gasteiger partial charge in [-0.15, -0.1) is 0 Å². The number of urea groups is 2. The third-order valence-corrected chi connectivity index (χ3v) is 2.57. The zero-order valence-electron chi connectivity index (χ0n) is 9.96. The summed E-state index contributed by atoms with van der Waals surface area (Å²) < 4.78 is 0. The van der Waals surface area contributed by atoms with Crippen LogP contribution in [-0.4, -0.2) is 29.9 Å². The van der Waals surface area contributed by atoms with E-state index in [0.717, 1.165) is 9.91 Å². The maximum atomic E-state index is 12.0. The SMILES string of the molecule is CCNC1NC(=O)N(c2ccccc2)C(=O)N1N. The number of imide groups is 1. The molecule has 0 spiro atoms. The number of hydrazine groups is 1. The monoisotopic (exact) mass is 249 g/mol. The normalized spacial score (nSPS) is 20.0. The molecular weight excluding hydrogens is 234 g/mol. The second kappa shape index (κ2) is 5.03. The summed E-state index contributed by atoms with van der Waals surface area (Å²) in [6, 6.07) is 7.55. The van der Waals surface area contributed by atoms with Crippen LogP contribution in [0.2, 0.25) is 0 Å². The Hall–Kier alpha value is -2.12. The summed E-state index contributed by atoms with van der Waals surface area (Å²) in [6.07, 6.45) is -0.685. The molecule has 1 heterocycles. The van der Waals surface area contributed by atoms with Crippen LogP contribution in [0.3, 0.4) is 0 Å². The molecule has 1 aromatic carbocycles. The molecule has 1 fully saturated rings. The third-order valence-electron chi connectivity index (χ3n) is 2.57. The zero-order chi connectivity index (χ0) is 13.1. The highest BCUT2D eigenvalue weighted by Gasteiger charge is 2.37. The molecule has 7 heteroatoms. The second-order valence-electron chi connectivity index (χ2n) is 3.77. The van der Waals surface area contributed by atoms with Gasteiger partial charge in [-0.05, 0) is 18.7 Å². The van der Waals surface area contributed by atoms with Crippen molar-refractivity contribution in [3.63, 3.8) is 0 Å². The van der Waals surface area contributed by atoms with Gasteiger partial charge in [0, 0.05) is 0 Å². The molecule has 1 aliphatic heterocycles. The van der Waals surface area contributed by atoms with Gasteiger partial charge in [-0.25, -0.2) is 25.3 Å². The van der Waals surface area contributed by atoms with Crippen LogP contribution in [0, 0.1) is 0 Å². The molecule has 4 amide bonds. The zero-order valence-corrected chi connectivity index (χ0v) is 9.96. The van der Waals surface area contributed by atoms with Crippen LogP contribution in [0.1, 0.15) is 6.92 Å². The Labute approximate surface area is 105 Å². The highest BCUT2D eigenvalue weighted by atomic mass is 16.2. The third kappa shape index (κ3) is 2.13. The van der Waals surface area contributed by atoms with Gasteiger partial charge >= 0.3 is 12.1 Å². The van der Waals surface area contributed by atoms with Gasteiger partial charge in [-0.2, -0.15) is 0 Å². The summed E-state index contributed by atoms with van der Waals surface area (Å²) in [5, 5.41) is 6.45. The van der Waals surface area contributed by atoms with Gasteiger partial charge < -0.3 is 5.32 Å². The smallest absolute Gasteiger partial charge is 0.303 e. The van der Waals surface area contributed by atoms with Crippen molar-refractivity contribution in [2.45, 2.75) is 13.2 Å². The number of hydrogen-bond donors (Lipinski definition) is 3. The van der Waals surface area contributed by atoms with Crippen molar-refractivity contribution in [2.75, 3.05) is 11.4 Å². The van der Waals surface area contributed by atoms with Crippen LogP contribution in [-0.2, 0) is 0 Å². The van der Waals surface area contributed by atoms with E-state index in [1.165, 1.54) is 0 Å². The average Bonchev–Trinajstić information content (AvgIpc) is 2.37. The molecule has 0 aliphatic carbocycles. The van der Waals surface area contributed by atoms with Gasteiger partial charge in [-0.1, -0.05) is 25.1 Å². The Bertz CT molecular complexity index is 450. The lowest BCUT2D eigenvalue weighted by atomic mass is 10.3. The van der Waals surface area contributed by atoms with E-state index in [1.54, 1.807) is 30.3 Å². The lowest BCUT2D eigenvalue weighted by Crippen LogP contribution is -2.71. The Balaban J connectivity index is 2.24. The highest BCUT2D eigenvalue weighted by molar-refractivity contribution is 6.14. The number of nitrogens with two attached hydrogens (primary N) is 1. The summed E-state index contributed by atoms with van der Waals surface area (Å²) >= 11 is 0. The first kappa shape index (κ1) is 12.3. The predicted molar refractivity (Wildman–Crippen MR) is 66.3 cm³/mol. The molecule has 1 aliphatic rings. The number of nitrogens with one attached hydrogen (secondary N) is 2. The van der Waals surface area contributed by atoms with Gasteiger partial charge in [-0.3, -0.25) is 5.32 Å². The van der Waals surface area contributed by atoms with Crippen LogP contribution in [0.5, 0.6) is 0 Å². The fourth-order valence-electron chi connectivity index (χ4n) is 1.71. The van der Waals surface area contributed by atoms with E-state index in [4.69, 9.17) is 5.84 Å². The van der Waals surface area contributed by atoms with Crippen molar-refractivity contribution in [1.82, 2.24) is 15.6 Å². The molecule has 18 heavy (non-hydrogen) atoms. The van der Waals surface area contributed by atoms with Crippen molar-refractivity contribution >= 4 is 17.7 Å². The molecule has 4 N–H and O–H groups in total. The highest BCUT2D eigenvalue weighted by Crippen LogP contribution is 2.17. The fraction of sp³-hybridized carbons (Fsp3) is 0.273. The minimum absolute atomic E-state index is 0.477. The lowest BCUT2D eigenvalue weighted by Gasteiger charge is -2.38.